The number of tetrazole rings is 1. The van der Waals surface area contributed by atoms with Crippen molar-refractivity contribution in [2.45, 2.75) is 32.7 Å². The molecule has 0 aliphatic rings. The molecular weight excluding hydrogens is 212 g/mol. The first-order chi connectivity index (χ1) is 7.66. The molecule has 1 heterocycles. The van der Waals surface area contributed by atoms with E-state index in [9.17, 15) is 4.79 Å². The van der Waals surface area contributed by atoms with Gasteiger partial charge in [-0.3, -0.25) is 0 Å². The number of carboxylic acid groups (broad SMARTS) is 1. The third-order valence-corrected chi connectivity index (χ3v) is 2.10. The number of carboxylic acids is 1. The van der Waals surface area contributed by atoms with Gasteiger partial charge in [0.2, 0.25) is 0 Å². The summed E-state index contributed by atoms with van der Waals surface area (Å²) in [7, 11) is 0. The number of aromatic nitrogens is 4. The van der Waals surface area contributed by atoms with Crippen molar-refractivity contribution in [2.75, 3.05) is 13.2 Å². The zero-order chi connectivity index (χ0) is 12.0. The van der Waals surface area contributed by atoms with E-state index in [1.807, 2.05) is 6.92 Å². The standard InChI is InChI=1S/C9H16N4O3/c1-3-5-16-6-4-8-10-11-12-13(8)7(2)9(14)15/h7H,3-6H2,1-2H3,(H,14,15). The number of hydrogen-bond donors (Lipinski definition) is 1. The topological polar surface area (TPSA) is 90.1 Å². The molecule has 7 heteroatoms. The van der Waals surface area contributed by atoms with Gasteiger partial charge in [-0.05, 0) is 23.8 Å². The Bertz CT molecular complexity index is 339. The van der Waals surface area contributed by atoms with E-state index < -0.39 is 12.0 Å². The fraction of sp³-hybridized carbons (Fsp3) is 0.778. The highest BCUT2D eigenvalue weighted by Gasteiger charge is 2.18. The van der Waals surface area contributed by atoms with E-state index in [2.05, 4.69) is 15.5 Å². The number of rotatable bonds is 7. The lowest BCUT2D eigenvalue weighted by Crippen LogP contribution is -2.20. The van der Waals surface area contributed by atoms with Crippen molar-refractivity contribution in [3.05, 3.63) is 5.82 Å². The van der Waals surface area contributed by atoms with E-state index in [4.69, 9.17) is 9.84 Å². The summed E-state index contributed by atoms with van der Waals surface area (Å²) in [6.45, 7) is 4.75. The van der Waals surface area contributed by atoms with Crippen LogP contribution in [-0.2, 0) is 16.0 Å². The van der Waals surface area contributed by atoms with E-state index >= 15 is 0 Å². The smallest absolute Gasteiger partial charge is 0.328 e. The molecule has 0 fully saturated rings. The Hall–Kier alpha value is -1.50. The molecule has 1 atom stereocenters. The van der Waals surface area contributed by atoms with Crippen LogP contribution in [0.25, 0.3) is 0 Å². The van der Waals surface area contributed by atoms with Crippen molar-refractivity contribution in [1.82, 2.24) is 20.2 Å². The second-order valence-corrected chi connectivity index (χ2v) is 3.42. The number of nitrogens with zero attached hydrogens (tertiary/aromatic N) is 4. The van der Waals surface area contributed by atoms with Gasteiger partial charge in [-0.1, -0.05) is 6.92 Å². The Morgan fingerprint density at radius 3 is 2.94 bits per heavy atom. The van der Waals surface area contributed by atoms with Crippen LogP contribution in [0.4, 0.5) is 0 Å². The Balaban J connectivity index is 2.53. The first kappa shape index (κ1) is 12.6. The summed E-state index contributed by atoms with van der Waals surface area (Å²) in [5.74, 6) is -0.422. The number of ether oxygens (including phenoxy) is 1. The maximum absolute atomic E-state index is 10.8. The van der Waals surface area contributed by atoms with E-state index in [1.54, 1.807) is 0 Å². The lowest BCUT2D eigenvalue weighted by molar-refractivity contribution is -0.140. The monoisotopic (exact) mass is 228 g/mol. The van der Waals surface area contributed by atoms with Crippen LogP contribution in [-0.4, -0.2) is 44.5 Å². The molecule has 0 saturated heterocycles. The van der Waals surface area contributed by atoms with Crippen molar-refractivity contribution in [2.24, 2.45) is 0 Å². The van der Waals surface area contributed by atoms with Gasteiger partial charge in [0.05, 0.1) is 6.61 Å². The summed E-state index contributed by atoms with van der Waals surface area (Å²) in [6, 6.07) is -0.754. The zero-order valence-electron chi connectivity index (χ0n) is 9.46. The van der Waals surface area contributed by atoms with Crippen molar-refractivity contribution in [3.63, 3.8) is 0 Å². The minimum Gasteiger partial charge on any atom is -0.480 e. The van der Waals surface area contributed by atoms with E-state index in [1.165, 1.54) is 11.6 Å². The Morgan fingerprint density at radius 2 is 2.31 bits per heavy atom. The molecule has 16 heavy (non-hydrogen) atoms. The quantitative estimate of drug-likeness (QED) is 0.674. The molecule has 0 aromatic carbocycles. The maximum atomic E-state index is 10.8. The molecular formula is C9H16N4O3. The van der Waals surface area contributed by atoms with Gasteiger partial charge < -0.3 is 9.84 Å². The van der Waals surface area contributed by atoms with Crippen LogP contribution in [0.2, 0.25) is 0 Å². The lowest BCUT2D eigenvalue weighted by Gasteiger charge is -2.08. The average Bonchev–Trinajstić information content (AvgIpc) is 2.71. The summed E-state index contributed by atoms with van der Waals surface area (Å²) in [4.78, 5) is 10.8. The predicted octanol–water partition coefficient (Wildman–Crippen LogP) is 0.288. The summed E-state index contributed by atoms with van der Waals surface area (Å²) in [6.07, 6.45) is 1.47. The highest BCUT2D eigenvalue weighted by atomic mass is 16.5. The SMILES string of the molecule is CCCOCCc1nnnn1C(C)C(=O)O. The first-order valence-electron chi connectivity index (χ1n) is 5.24. The summed E-state index contributed by atoms with van der Waals surface area (Å²) in [5, 5.41) is 19.7. The highest BCUT2D eigenvalue weighted by Crippen LogP contribution is 2.06. The molecule has 1 unspecified atom stereocenters. The summed E-state index contributed by atoms with van der Waals surface area (Å²) < 4.78 is 6.60. The van der Waals surface area contributed by atoms with Gasteiger partial charge in [0.1, 0.15) is 6.04 Å². The van der Waals surface area contributed by atoms with Gasteiger partial charge >= 0.3 is 5.97 Å². The molecule has 0 saturated carbocycles. The molecule has 0 spiro atoms. The minimum atomic E-state index is -0.956. The third-order valence-electron chi connectivity index (χ3n) is 2.10. The molecule has 7 nitrogen and oxygen atoms in total. The molecule has 1 N–H and O–H groups in total. The van der Waals surface area contributed by atoms with E-state index in [0.717, 1.165) is 6.42 Å². The summed E-state index contributed by atoms with van der Waals surface area (Å²) in [5.41, 5.74) is 0. The fourth-order valence-electron chi connectivity index (χ4n) is 1.19. The molecule has 0 radical (unpaired) electrons. The van der Waals surface area contributed by atoms with Gasteiger partial charge in [-0.15, -0.1) is 5.10 Å². The fourth-order valence-corrected chi connectivity index (χ4v) is 1.19. The Morgan fingerprint density at radius 1 is 1.56 bits per heavy atom. The molecule has 0 aliphatic heterocycles. The largest absolute Gasteiger partial charge is 0.480 e. The second kappa shape index (κ2) is 6.16. The molecule has 1 aromatic heterocycles. The van der Waals surface area contributed by atoms with Crippen LogP contribution < -0.4 is 0 Å². The second-order valence-electron chi connectivity index (χ2n) is 3.42. The molecule has 90 valence electrons. The van der Waals surface area contributed by atoms with Gasteiger partial charge in [0.15, 0.2) is 5.82 Å². The molecule has 1 rings (SSSR count). The lowest BCUT2D eigenvalue weighted by atomic mass is 10.3. The van der Waals surface area contributed by atoms with Crippen molar-refractivity contribution >= 4 is 5.97 Å². The Kier molecular flexibility index (Phi) is 4.84. The molecule has 0 amide bonds. The van der Waals surface area contributed by atoms with Crippen molar-refractivity contribution < 1.29 is 14.6 Å². The molecule has 0 bridgehead atoms. The van der Waals surface area contributed by atoms with Crippen LogP contribution in [0, 0.1) is 0 Å². The van der Waals surface area contributed by atoms with E-state index in [0.29, 0.717) is 25.5 Å². The molecule has 0 aliphatic carbocycles. The van der Waals surface area contributed by atoms with Crippen LogP contribution in [0.15, 0.2) is 0 Å². The van der Waals surface area contributed by atoms with Crippen molar-refractivity contribution in [3.8, 4) is 0 Å². The number of hydrogen-bond acceptors (Lipinski definition) is 5. The first-order valence-corrected chi connectivity index (χ1v) is 5.24. The van der Waals surface area contributed by atoms with Crippen LogP contribution in [0.5, 0.6) is 0 Å². The van der Waals surface area contributed by atoms with Gasteiger partial charge in [-0.2, -0.15) is 0 Å². The van der Waals surface area contributed by atoms with E-state index in [-0.39, 0.29) is 0 Å². The number of carbonyl (C=O) groups is 1. The number of aliphatic carboxylic acids is 1. The molecule has 1 aromatic rings. The summed E-state index contributed by atoms with van der Waals surface area (Å²) >= 11 is 0. The van der Waals surface area contributed by atoms with Gasteiger partial charge in [0.25, 0.3) is 0 Å². The maximum Gasteiger partial charge on any atom is 0.328 e. The van der Waals surface area contributed by atoms with Crippen LogP contribution in [0.3, 0.4) is 0 Å². The Labute approximate surface area is 93.4 Å². The van der Waals surface area contributed by atoms with Crippen molar-refractivity contribution in [1.29, 1.82) is 0 Å². The van der Waals surface area contributed by atoms with Crippen LogP contribution in [0.1, 0.15) is 32.1 Å². The normalized spacial score (nSPS) is 12.6. The highest BCUT2D eigenvalue weighted by molar-refractivity contribution is 5.71. The third kappa shape index (κ3) is 3.27. The van der Waals surface area contributed by atoms with Gasteiger partial charge in [0, 0.05) is 13.0 Å². The average molecular weight is 228 g/mol. The van der Waals surface area contributed by atoms with Gasteiger partial charge in [-0.25, -0.2) is 9.48 Å². The zero-order valence-corrected chi connectivity index (χ0v) is 9.46. The minimum absolute atomic E-state index is 0.501. The predicted molar refractivity (Wildman–Crippen MR) is 55.0 cm³/mol. The van der Waals surface area contributed by atoms with Crippen LogP contribution >= 0.6 is 0 Å².